The van der Waals surface area contributed by atoms with E-state index in [0.717, 1.165) is 4.90 Å². The van der Waals surface area contributed by atoms with E-state index >= 15 is 0 Å². The number of rotatable bonds is 5. The van der Waals surface area contributed by atoms with Gasteiger partial charge in [-0.2, -0.15) is 0 Å². The fraction of sp³-hybridized carbons (Fsp3) is 0.105. The van der Waals surface area contributed by atoms with Crippen LogP contribution in [0.25, 0.3) is 5.76 Å². The summed E-state index contributed by atoms with van der Waals surface area (Å²) >= 11 is 0. The number of aliphatic hydroxyl groups is 1. The molecule has 0 radical (unpaired) electrons. The van der Waals surface area contributed by atoms with Crippen LogP contribution in [0.1, 0.15) is 17.2 Å². The molecule has 2 amide bonds. The topological polar surface area (TPSA) is 144 Å². The molecule has 3 rings (SSSR count). The molecule has 3 N–H and O–H groups in total. The van der Waals surface area contributed by atoms with Crippen LogP contribution in [-0.2, 0) is 14.4 Å². The Hall–Kier alpha value is -4.01. The molecule has 0 aromatic heterocycles. The number of primary amides is 1. The summed E-state index contributed by atoms with van der Waals surface area (Å²) < 4.78 is 0. The fourth-order valence-electron chi connectivity index (χ4n) is 3.12. The average molecular weight is 381 g/mol. The Bertz CT molecular complexity index is 1020. The van der Waals surface area contributed by atoms with Crippen molar-refractivity contribution in [2.45, 2.75) is 6.04 Å². The number of amides is 2. The molecule has 1 heterocycles. The van der Waals surface area contributed by atoms with Crippen molar-refractivity contribution >= 4 is 29.0 Å². The minimum absolute atomic E-state index is 0.201. The second-order valence-electron chi connectivity index (χ2n) is 6.11. The molecule has 1 aliphatic heterocycles. The third-order valence-corrected chi connectivity index (χ3v) is 4.31. The van der Waals surface area contributed by atoms with Crippen LogP contribution in [0.5, 0.6) is 0 Å². The molecule has 1 fully saturated rings. The summed E-state index contributed by atoms with van der Waals surface area (Å²) in [5.41, 5.74) is 5.16. The molecule has 9 nitrogen and oxygen atoms in total. The number of likely N-dealkylation sites (tertiary alicyclic amines) is 1. The van der Waals surface area contributed by atoms with Crippen LogP contribution in [0.3, 0.4) is 0 Å². The van der Waals surface area contributed by atoms with Crippen molar-refractivity contribution in [1.82, 2.24) is 4.90 Å². The molecule has 142 valence electrons. The molecule has 2 aromatic rings. The average Bonchev–Trinajstić information content (AvgIpc) is 2.92. The monoisotopic (exact) mass is 381 g/mol. The predicted octanol–water partition coefficient (Wildman–Crippen LogP) is 1.50. The van der Waals surface area contributed by atoms with Crippen LogP contribution in [0, 0.1) is 10.1 Å². The summed E-state index contributed by atoms with van der Waals surface area (Å²) in [5.74, 6) is -3.33. The van der Waals surface area contributed by atoms with E-state index < -0.39 is 40.9 Å². The number of nitrogens with zero attached hydrogens (tertiary/aromatic N) is 2. The number of non-ortho nitro benzene ring substituents is 1. The normalized spacial score (nSPS) is 18.3. The van der Waals surface area contributed by atoms with Gasteiger partial charge in [-0.25, -0.2) is 0 Å². The van der Waals surface area contributed by atoms with Gasteiger partial charge in [0.1, 0.15) is 12.3 Å². The molecule has 9 heteroatoms. The first-order valence-electron chi connectivity index (χ1n) is 8.17. The van der Waals surface area contributed by atoms with Gasteiger partial charge >= 0.3 is 0 Å². The van der Waals surface area contributed by atoms with Crippen molar-refractivity contribution in [3.8, 4) is 0 Å². The number of aliphatic hydroxyl groups excluding tert-OH is 1. The highest BCUT2D eigenvalue weighted by Crippen LogP contribution is 2.39. The predicted molar refractivity (Wildman–Crippen MR) is 97.7 cm³/mol. The van der Waals surface area contributed by atoms with Gasteiger partial charge in [0.2, 0.25) is 5.91 Å². The highest BCUT2D eigenvalue weighted by Gasteiger charge is 2.46. The van der Waals surface area contributed by atoms with Gasteiger partial charge < -0.3 is 15.7 Å². The van der Waals surface area contributed by atoms with Gasteiger partial charge in [0.25, 0.3) is 17.4 Å². The highest BCUT2D eigenvalue weighted by molar-refractivity contribution is 6.46. The Morgan fingerprint density at radius 2 is 1.82 bits per heavy atom. The third kappa shape index (κ3) is 3.32. The van der Waals surface area contributed by atoms with Crippen molar-refractivity contribution in [3.63, 3.8) is 0 Å². The van der Waals surface area contributed by atoms with Gasteiger partial charge in [0.15, 0.2) is 0 Å². The number of hydrogen-bond donors (Lipinski definition) is 2. The zero-order chi connectivity index (χ0) is 20.4. The van der Waals surface area contributed by atoms with E-state index in [1.165, 1.54) is 24.3 Å². The minimum atomic E-state index is -1.19. The molecule has 0 aliphatic carbocycles. The molecule has 1 unspecified atom stereocenters. The third-order valence-electron chi connectivity index (χ3n) is 4.31. The van der Waals surface area contributed by atoms with Crippen molar-refractivity contribution in [1.29, 1.82) is 0 Å². The van der Waals surface area contributed by atoms with Crippen LogP contribution < -0.4 is 5.73 Å². The molecule has 2 aromatic carbocycles. The maximum atomic E-state index is 12.6. The van der Waals surface area contributed by atoms with Crippen molar-refractivity contribution in [2.24, 2.45) is 5.73 Å². The van der Waals surface area contributed by atoms with Crippen LogP contribution in [-0.4, -0.2) is 39.1 Å². The van der Waals surface area contributed by atoms with Crippen LogP contribution >= 0.6 is 0 Å². The minimum Gasteiger partial charge on any atom is -0.507 e. The largest absolute Gasteiger partial charge is 0.507 e. The second-order valence-corrected chi connectivity index (χ2v) is 6.11. The Morgan fingerprint density at radius 1 is 1.14 bits per heavy atom. The first-order chi connectivity index (χ1) is 13.3. The van der Waals surface area contributed by atoms with Gasteiger partial charge in [-0.15, -0.1) is 0 Å². The lowest BCUT2D eigenvalue weighted by molar-refractivity contribution is -0.384. The summed E-state index contributed by atoms with van der Waals surface area (Å²) in [5, 5.41) is 21.8. The number of nitro benzene ring substituents is 1. The second kappa shape index (κ2) is 7.31. The molecular formula is C19H15N3O6. The number of benzene rings is 2. The van der Waals surface area contributed by atoms with E-state index in [-0.39, 0.29) is 22.4 Å². The summed E-state index contributed by atoms with van der Waals surface area (Å²) in [6.45, 7) is -0.580. The maximum Gasteiger partial charge on any atom is 0.296 e. The first-order valence-corrected chi connectivity index (χ1v) is 8.17. The van der Waals surface area contributed by atoms with Crippen molar-refractivity contribution in [2.75, 3.05) is 6.54 Å². The van der Waals surface area contributed by atoms with E-state index in [2.05, 4.69) is 0 Å². The molecule has 28 heavy (non-hydrogen) atoms. The zero-order valence-corrected chi connectivity index (χ0v) is 14.4. The number of hydrogen-bond acceptors (Lipinski definition) is 6. The van der Waals surface area contributed by atoms with E-state index in [1.54, 1.807) is 30.3 Å². The number of carbonyl (C=O) groups excluding carboxylic acids is 3. The summed E-state index contributed by atoms with van der Waals surface area (Å²) in [7, 11) is 0. The number of nitrogens with two attached hydrogens (primary N) is 1. The number of nitro groups is 1. The van der Waals surface area contributed by atoms with E-state index in [4.69, 9.17) is 5.73 Å². The smallest absolute Gasteiger partial charge is 0.296 e. The first kappa shape index (κ1) is 18.8. The van der Waals surface area contributed by atoms with E-state index in [1.807, 2.05) is 0 Å². The highest BCUT2D eigenvalue weighted by atomic mass is 16.6. The molecule has 0 saturated carbocycles. The standard InChI is InChI=1S/C19H15N3O6/c20-14(23)10-21-16(12-7-4-8-13(9-12)22(27)28)15(18(25)19(21)26)17(24)11-5-2-1-3-6-11/h1-9,16,24H,10H2,(H2,20,23)/b17-15+. The summed E-state index contributed by atoms with van der Waals surface area (Å²) in [6.07, 6.45) is 0. The van der Waals surface area contributed by atoms with E-state index in [9.17, 15) is 29.6 Å². The molecule has 0 spiro atoms. The Morgan fingerprint density at radius 3 is 2.43 bits per heavy atom. The Labute approximate surface area is 158 Å². The van der Waals surface area contributed by atoms with Crippen LogP contribution in [0.15, 0.2) is 60.2 Å². The molecule has 0 bridgehead atoms. The quantitative estimate of drug-likeness (QED) is 0.264. The van der Waals surface area contributed by atoms with Crippen LogP contribution in [0.4, 0.5) is 5.69 Å². The van der Waals surface area contributed by atoms with Crippen molar-refractivity contribution in [3.05, 3.63) is 81.4 Å². The van der Waals surface area contributed by atoms with Gasteiger partial charge in [-0.05, 0) is 5.56 Å². The molecular weight excluding hydrogens is 366 g/mol. The lowest BCUT2D eigenvalue weighted by Gasteiger charge is -2.23. The Balaban J connectivity index is 2.23. The van der Waals surface area contributed by atoms with Gasteiger partial charge in [0.05, 0.1) is 16.5 Å². The lowest BCUT2D eigenvalue weighted by Crippen LogP contribution is -2.37. The number of carbonyl (C=O) groups is 3. The SMILES string of the molecule is NC(=O)CN1C(=O)C(=O)/C(=C(/O)c2ccccc2)C1c1cccc([N+](=O)[O-])c1. The molecule has 1 atom stereocenters. The van der Waals surface area contributed by atoms with E-state index in [0.29, 0.717) is 0 Å². The van der Waals surface area contributed by atoms with Crippen LogP contribution in [0.2, 0.25) is 0 Å². The number of ketones is 1. The summed E-state index contributed by atoms with van der Waals surface area (Å²) in [4.78, 5) is 47.9. The van der Waals surface area contributed by atoms with Gasteiger partial charge in [-0.3, -0.25) is 24.5 Å². The fourth-order valence-corrected chi connectivity index (χ4v) is 3.12. The molecule has 1 saturated heterocycles. The molecule has 1 aliphatic rings. The summed E-state index contributed by atoms with van der Waals surface area (Å²) in [6, 6.07) is 12.2. The Kier molecular flexibility index (Phi) is 4.90. The van der Waals surface area contributed by atoms with Gasteiger partial charge in [0, 0.05) is 17.7 Å². The van der Waals surface area contributed by atoms with Crippen molar-refractivity contribution < 1.29 is 24.4 Å². The zero-order valence-electron chi connectivity index (χ0n) is 14.4. The lowest BCUT2D eigenvalue weighted by atomic mass is 9.95. The van der Waals surface area contributed by atoms with Gasteiger partial charge in [-0.1, -0.05) is 42.5 Å². The maximum absolute atomic E-state index is 12.6. The number of Topliss-reactive ketones (excluding diaryl/α,β-unsaturated/α-hetero) is 1.